The predicted molar refractivity (Wildman–Crippen MR) is 78.2 cm³/mol. The van der Waals surface area contributed by atoms with E-state index in [0.29, 0.717) is 13.1 Å². The molecule has 0 unspecified atom stereocenters. The van der Waals surface area contributed by atoms with E-state index in [9.17, 15) is 14.7 Å². The maximum atomic E-state index is 12.4. The van der Waals surface area contributed by atoms with Crippen LogP contribution < -0.4 is 5.32 Å². The molecule has 1 atom stereocenters. The van der Waals surface area contributed by atoms with E-state index in [1.54, 1.807) is 18.7 Å². The molecule has 2 heterocycles. The molecule has 2 rings (SSSR count). The summed E-state index contributed by atoms with van der Waals surface area (Å²) >= 11 is 0. The van der Waals surface area contributed by atoms with Gasteiger partial charge in [0.1, 0.15) is 0 Å². The lowest BCUT2D eigenvalue weighted by atomic mass is 9.91. The first-order valence-corrected chi connectivity index (χ1v) is 6.83. The second kappa shape index (κ2) is 5.77. The summed E-state index contributed by atoms with van der Waals surface area (Å²) in [5, 5.41) is 12.5. The van der Waals surface area contributed by atoms with Crippen LogP contribution in [0.5, 0.6) is 0 Å². The monoisotopic (exact) mass is 305 g/mol. The van der Waals surface area contributed by atoms with Gasteiger partial charge < -0.3 is 20.2 Å². The number of halogens is 1. The molecule has 0 saturated carbocycles. The molecule has 0 spiro atoms. The van der Waals surface area contributed by atoms with Crippen molar-refractivity contribution in [3.8, 4) is 0 Å². The summed E-state index contributed by atoms with van der Waals surface area (Å²) in [6.07, 6.45) is 0.885. The van der Waals surface area contributed by atoms with E-state index < -0.39 is 11.4 Å². The Bertz CT molecular complexity index is 402. The number of carbonyl (C=O) groups excluding carboxylic acids is 1. The molecule has 7 heteroatoms. The first-order valence-electron chi connectivity index (χ1n) is 6.83. The summed E-state index contributed by atoms with van der Waals surface area (Å²) in [5.41, 5.74) is -1.07. The van der Waals surface area contributed by atoms with Crippen LogP contribution in [0.4, 0.5) is 4.79 Å². The van der Waals surface area contributed by atoms with Gasteiger partial charge in [0, 0.05) is 32.7 Å². The highest BCUT2D eigenvalue weighted by molar-refractivity contribution is 5.85. The lowest BCUT2D eigenvalue weighted by Gasteiger charge is -2.40. The summed E-state index contributed by atoms with van der Waals surface area (Å²) < 4.78 is 0. The number of nitrogens with one attached hydrogen (secondary N) is 1. The molecule has 0 aromatic carbocycles. The molecule has 0 aromatic heterocycles. The summed E-state index contributed by atoms with van der Waals surface area (Å²) in [4.78, 5) is 27.3. The van der Waals surface area contributed by atoms with Gasteiger partial charge in [0.2, 0.25) is 0 Å². The summed E-state index contributed by atoms with van der Waals surface area (Å²) in [6.45, 7) is 8.59. The molecule has 0 aromatic rings. The highest BCUT2D eigenvalue weighted by atomic mass is 35.5. The topological polar surface area (TPSA) is 72.9 Å². The number of amides is 2. The maximum absolute atomic E-state index is 12.4. The SMILES string of the molecule is CC[C@@]12CNCCN1C(=O)N(CC(C)(C)C(=O)O)C2.Cl. The molecule has 116 valence electrons. The van der Waals surface area contributed by atoms with Gasteiger partial charge in [0.05, 0.1) is 11.0 Å². The molecule has 20 heavy (non-hydrogen) atoms. The van der Waals surface area contributed by atoms with E-state index >= 15 is 0 Å². The van der Waals surface area contributed by atoms with Crippen molar-refractivity contribution in [2.24, 2.45) is 5.41 Å². The molecule has 2 saturated heterocycles. The van der Waals surface area contributed by atoms with Gasteiger partial charge in [0.25, 0.3) is 0 Å². The second-order valence-corrected chi connectivity index (χ2v) is 6.23. The number of carboxylic acid groups (broad SMARTS) is 1. The van der Waals surface area contributed by atoms with Crippen molar-refractivity contribution in [1.29, 1.82) is 0 Å². The minimum absolute atomic E-state index is 0. The molecule has 2 fully saturated rings. The number of urea groups is 1. The molecule has 0 bridgehead atoms. The van der Waals surface area contributed by atoms with E-state index in [1.165, 1.54) is 0 Å². The molecule has 0 aliphatic carbocycles. The zero-order valence-electron chi connectivity index (χ0n) is 12.3. The largest absolute Gasteiger partial charge is 0.481 e. The number of hydrogen-bond acceptors (Lipinski definition) is 3. The first kappa shape index (κ1) is 17.0. The Kier molecular flexibility index (Phi) is 4.92. The van der Waals surface area contributed by atoms with E-state index in [2.05, 4.69) is 12.2 Å². The van der Waals surface area contributed by atoms with Crippen LogP contribution >= 0.6 is 12.4 Å². The van der Waals surface area contributed by atoms with Crippen LogP contribution in [0.2, 0.25) is 0 Å². The van der Waals surface area contributed by atoms with Gasteiger partial charge in [-0.2, -0.15) is 0 Å². The van der Waals surface area contributed by atoms with Crippen LogP contribution in [-0.2, 0) is 4.79 Å². The van der Waals surface area contributed by atoms with Crippen LogP contribution in [-0.4, -0.2) is 65.2 Å². The van der Waals surface area contributed by atoms with E-state index in [1.807, 2.05) is 4.90 Å². The van der Waals surface area contributed by atoms with Crippen LogP contribution in [0.1, 0.15) is 27.2 Å². The average molecular weight is 306 g/mol. The van der Waals surface area contributed by atoms with Crippen molar-refractivity contribution < 1.29 is 14.7 Å². The van der Waals surface area contributed by atoms with Gasteiger partial charge in [-0.1, -0.05) is 6.92 Å². The van der Waals surface area contributed by atoms with Gasteiger partial charge in [-0.05, 0) is 20.3 Å². The van der Waals surface area contributed by atoms with Crippen LogP contribution in [0.15, 0.2) is 0 Å². The standard InChI is InChI=1S/C13H23N3O3.ClH/c1-4-13-7-14-5-6-16(13)11(19)15(9-13)8-12(2,3)10(17)18;/h14H,4-9H2,1-3H3,(H,17,18);1H/t13-;/m0./s1. The summed E-state index contributed by atoms with van der Waals surface area (Å²) in [7, 11) is 0. The van der Waals surface area contributed by atoms with E-state index in [0.717, 1.165) is 19.5 Å². The zero-order valence-corrected chi connectivity index (χ0v) is 13.1. The van der Waals surface area contributed by atoms with Crippen LogP contribution in [0, 0.1) is 5.41 Å². The molecular formula is C13H24ClN3O3. The van der Waals surface area contributed by atoms with Crippen molar-refractivity contribution >= 4 is 24.4 Å². The zero-order chi connectivity index (χ0) is 14.3. The van der Waals surface area contributed by atoms with Gasteiger partial charge >= 0.3 is 12.0 Å². The quantitative estimate of drug-likeness (QED) is 0.813. The smallest absolute Gasteiger partial charge is 0.320 e. The Hall–Kier alpha value is -1.01. The normalized spacial score (nSPS) is 26.2. The summed E-state index contributed by atoms with van der Waals surface area (Å²) in [6, 6.07) is -0.0160. The van der Waals surface area contributed by atoms with E-state index in [4.69, 9.17) is 0 Å². The Balaban J connectivity index is 0.00000200. The van der Waals surface area contributed by atoms with Crippen LogP contribution in [0.25, 0.3) is 0 Å². The number of rotatable bonds is 4. The minimum atomic E-state index is -0.910. The fourth-order valence-electron chi connectivity index (χ4n) is 2.97. The Morgan fingerprint density at radius 2 is 2.15 bits per heavy atom. The van der Waals surface area contributed by atoms with Gasteiger partial charge in [-0.25, -0.2) is 4.79 Å². The van der Waals surface area contributed by atoms with Crippen molar-refractivity contribution in [2.45, 2.75) is 32.7 Å². The van der Waals surface area contributed by atoms with Crippen molar-refractivity contribution in [2.75, 3.05) is 32.7 Å². The van der Waals surface area contributed by atoms with Crippen molar-refractivity contribution in [1.82, 2.24) is 15.1 Å². The lowest BCUT2D eigenvalue weighted by molar-refractivity contribution is -0.147. The number of nitrogens with zero attached hydrogens (tertiary/aromatic N) is 2. The molecule has 2 aliphatic heterocycles. The molecule has 6 nitrogen and oxygen atoms in total. The lowest BCUT2D eigenvalue weighted by Crippen LogP contribution is -2.59. The highest BCUT2D eigenvalue weighted by Crippen LogP contribution is 2.32. The maximum Gasteiger partial charge on any atom is 0.320 e. The number of carboxylic acids is 1. The second-order valence-electron chi connectivity index (χ2n) is 6.23. The number of carbonyl (C=O) groups is 2. The third kappa shape index (κ3) is 2.72. The fourth-order valence-corrected chi connectivity index (χ4v) is 2.97. The fraction of sp³-hybridized carbons (Fsp3) is 0.846. The molecule has 2 amide bonds. The number of hydrogen-bond donors (Lipinski definition) is 2. The third-order valence-electron chi connectivity index (χ3n) is 4.35. The first-order chi connectivity index (χ1) is 8.82. The summed E-state index contributed by atoms with van der Waals surface area (Å²) in [5.74, 6) is -0.867. The van der Waals surface area contributed by atoms with Crippen molar-refractivity contribution in [3.05, 3.63) is 0 Å². The number of fused-ring (bicyclic) bond motifs is 1. The Morgan fingerprint density at radius 1 is 1.50 bits per heavy atom. The Labute approximate surface area is 125 Å². The minimum Gasteiger partial charge on any atom is -0.481 e. The van der Waals surface area contributed by atoms with Gasteiger partial charge in [-0.15, -0.1) is 12.4 Å². The van der Waals surface area contributed by atoms with E-state index in [-0.39, 0.29) is 30.5 Å². The third-order valence-corrected chi connectivity index (χ3v) is 4.35. The average Bonchev–Trinajstić information content (AvgIpc) is 2.63. The number of aliphatic carboxylic acids is 1. The number of piperazine rings is 1. The molecular weight excluding hydrogens is 282 g/mol. The van der Waals surface area contributed by atoms with Crippen LogP contribution in [0.3, 0.4) is 0 Å². The van der Waals surface area contributed by atoms with Crippen molar-refractivity contribution in [3.63, 3.8) is 0 Å². The predicted octanol–water partition coefficient (Wildman–Crippen LogP) is 1.01. The molecule has 2 N–H and O–H groups in total. The van der Waals surface area contributed by atoms with Gasteiger partial charge in [0.15, 0.2) is 0 Å². The highest BCUT2D eigenvalue weighted by Gasteiger charge is 2.50. The Morgan fingerprint density at radius 3 is 2.65 bits per heavy atom. The molecule has 0 radical (unpaired) electrons. The molecule has 2 aliphatic rings. The van der Waals surface area contributed by atoms with Gasteiger partial charge in [-0.3, -0.25) is 4.79 Å².